The van der Waals surface area contributed by atoms with Gasteiger partial charge >= 0.3 is 5.97 Å². The third-order valence-corrected chi connectivity index (χ3v) is 1.45. The summed E-state index contributed by atoms with van der Waals surface area (Å²) in [6.07, 6.45) is 1.47. The number of aliphatic carboxylic acids is 1. The Morgan fingerprint density at radius 2 is 2.25 bits per heavy atom. The molecule has 0 bridgehead atoms. The summed E-state index contributed by atoms with van der Waals surface area (Å²) in [6.45, 7) is 0.925. The van der Waals surface area contributed by atoms with Gasteiger partial charge in [-0.1, -0.05) is 5.16 Å². The highest BCUT2D eigenvalue weighted by atomic mass is 16.6. The van der Waals surface area contributed by atoms with E-state index in [4.69, 9.17) is 9.84 Å². The first kappa shape index (κ1) is 8.99. The Hall–Kier alpha value is -1.10. The van der Waals surface area contributed by atoms with Crippen molar-refractivity contribution in [3.05, 3.63) is 0 Å². The van der Waals surface area contributed by atoms with Crippen molar-refractivity contribution in [2.24, 2.45) is 5.16 Å². The van der Waals surface area contributed by atoms with Gasteiger partial charge < -0.3 is 14.7 Å². The Balaban J connectivity index is 2.20. The van der Waals surface area contributed by atoms with E-state index in [0.29, 0.717) is 13.2 Å². The van der Waals surface area contributed by atoms with Crippen LogP contribution in [-0.4, -0.2) is 36.6 Å². The maximum absolute atomic E-state index is 10.0. The third kappa shape index (κ3) is 3.34. The molecule has 1 saturated heterocycles. The van der Waals surface area contributed by atoms with Gasteiger partial charge in [-0.2, -0.15) is 0 Å². The molecule has 1 aliphatic rings. The van der Waals surface area contributed by atoms with Crippen LogP contribution < -0.4 is 0 Å². The molecule has 0 aromatic carbocycles. The van der Waals surface area contributed by atoms with Crippen LogP contribution in [0.3, 0.4) is 0 Å². The molecule has 1 fully saturated rings. The van der Waals surface area contributed by atoms with Gasteiger partial charge in [0.15, 0.2) is 0 Å². The van der Waals surface area contributed by atoms with Crippen molar-refractivity contribution in [2.75, 3.05) is 19.8 Å². The van der Waals surface area contributed by atoms with Crippen LogP contribution in [0.2, 0.25) is 0 Å². The predicted molar refractivity (Wildman–Crippen MR) is 41.1 cm³/mol. The highest BCUT2D eigenvalue weighted by molar-refractivity contribution is 5.84. The minimum Gasteiger partial charge on any atom is -0.479 e. The second kappa shape index (κ2) is 4.71. The lowest BCUT2D eigenvalue weighted by atomic mass is 10.2. The number of hydrogen-bond donors (Lipinski definition) is 1. The molecule has 0 aliphatic carbocycles. The highest BCUT2D eigenvalue weighted by Gasteiger charge is 2.07. The van der Waals surface area contributed by atoms with E-state index in [1.54, 1.807) is 0 Å². The molecule has 1 N–H and O–H groups in total. The summed E-state index contributed by atoms with van der Waals surface area (Å²) < 4.78 is 5.07. The Morgan fingerprint density at radius 1 is 1.58 bits per heavy atom. The van der Waals surface area contributed by atoms with Crippen molar-refractivity contribution in [1.29, 1.82) is 0 Å². The lowest BCUT2D eigenvalue weighted by Crippen LogP contribution is -2.16. The fraction of sp³-hybridized carbons (Fsp3) is 0.714. The summed E-state index contributed by atoms with van der Waals surface area (Å²) in [5.74, 6) is -1.01. The zero-order chi connectivity index (χ0) is 8.81. The van der Waals surface area contributed by atoms with E-state index in [0.717, 1.165) is 18.6 Å². The SMILES string of the molecule is O=C(O)CON=C1CCOCC1. The lowest BCUT2D eigenvalue weighted by molar-refractivity contribution is -0.142. The molecule has 0 spiro atoms. The van der Waals surface area contributed by atoms with Crippen molar-refractivity contribution in [2.45, 2.75) is 12.8 Å². The summed E-state index contributed by atoms with van der Waals surface area (Å²) in [4.78, 5) is 14.6. The first-order valence-corrected chi connectivity index (χ1v) is 3.76. The molecular formula is C7H11NO4. The fourth-order valence-electron chi connectivity index (χ4n) is 0.877. The zero-order valence-electron chi connectivity index (χ0n) is 6.65. The first-order valence-electron chi connectivity index (χ1n) is 3.76. The van der Waals surface area contributed by atoms with Crippen LogP contribution in [0.4, 0.5) is 0 Å². The van der Waals surface area contributed by atoms with Gasteiger partial charge in [0, 0.05) is 12.8 Å². The molecule has 0 atom stereocenters. The van der Waals surface area contributed by atoms with Crippen LogP contribution >= 0.6 is 0 Å². The molecule has 0 radical (unpaired) electrons. The summed E-state index contributed by atoms with van der Waals surface area (Å²) in [7, 11) is 0. The van der Waals surface area contributed by atoms with E-state index < -0.39 is 5.97 Å². The number of rotatable bonds is 3. The molecule has 68 valence electrons. The molecule has 0 unspecified atom stereocenters. The van der Waals surface area contributed by atoms with E-state index in [1.165, 1.54) is 0 Å². The Morgan fingerprint density at radius 3 is 2.83 bits per heavy atom. The number of hydrogen-bond acceptors (Lipinski definition) is 4. The van der Waals surface area contributed by atoms with Gasteiger partial charge in [-0.3, -0.25) is 0 Å². The molecule has 1 heterocycles. The van der Waals surface area contributed by atoms with Crippen molar-refractivity contribution in [3.63, 3.8) is 0 Å². The van der Waals surface area contributed by atoms with Gasteiger partial charge in [-0.05, 0) is 0 Å². The Bertz CT molecular complexity index is 182. The van der Waals surface area contributed by atoms with Gasteiger partial charge in [0.25, 0.3) is 0 Å². The number of ether oxygens (including phenoxy) is 1. The van der Waals surface area contributed by atoms with Crippen LogP contribution in [0.1, 0.15) is 12.8 Å². The van der Waals surface area contributed by atoms with Gasteiger partial charge in [0.05, 0.1) is 18.9 Å². The van der Waals surface area contributed by atoms with Crippen molar-refractivity contribution in [3.8, 4) is 0 Å². The normalized spacial score (nSPS) is 17.2. The molecule has 1 rings (SSSR count). The minimum atomic E-state index is -1.01. The molecule has 1 aliphatic heterocycles. The summed E-state index contributed by atoms with van der Waals surface area (Å²) in [5.41, 5.74) is 0.877. The average molecular weight is 173 g/mol. The number of oxime groups is 1. The van der Waals surface area contributed by atoms with Gasteiger partial charge in [-0.15, -0.1) is 0 Å². The standard InChI is InChI=1S/C7H11NO4/c9-7(10)5-12-8-6-1-3-11-4-2-6/h1-5H2,(H,9,10). The molecule has 0 aromatic rings. The van der Waals surface area contributed by atoms with E-state index in [-0.39, 0.29) is 6.61 Å². The third-order valence-electron chi connectivity index (χ3n) is 1.45. The lowest BCUT2D eigenvalue weighted by Gasteiger charge is -2.12. The van der Waals surface area contributed by atoms with E-state index in [1.807, 2.05) is 0 Å². The van der Waals surface area contributed by atoms with Crippen LogP contribution in [0.5, 0.6) is 0 Å². The molecule has 0 aromatic heterocycles. The highest BCUT2D eigenvalue weighted by Crippen LogP contribution is 2.02. The molecular weight excluding hydrogens is 162 g/mol. The zero-order valence-corrected chi connectivity index (χ0v) is 6.65. The van der Waals surface area contributed by atoms with Crippen molar-refractivity contribution >= 4 is 11.7 Å². The predicted octanol–water partition coefficient (Wildman–Crippen LogP) is 0.254. The Labute approximate surface area is 70.0 Å². The summed E-state index contributed by atoms with van der Waals surface area (Å²) in [5, 5.41) is 11.9. The molecule has 5 nitrogen and oxygen atoms in total. The maximum atomic E-state index is 10.0. The summed E-state index contributed by atoms with van der Waals surface area (Å²) >= 11 is 0. The van der Waals surface area contributed by atoms with Crippen molar-refractivity contribution in [1.82, 2.24) is 0 Å². The van der Waals surface area contributed by atoms with Crippen molar-refractivity contribution < 1.29 is 19.5 Å². The smallest absolute Gasteiger partial charge is 0.344 e. The average Bonchev–Trinajstić information content (AvgIpc) is 2.05. The first-order chi connectivity index (χ1) is 5.79. The fourth-order valence-corrected chi connectivity index (χ4v) is 0.877. The van der Waals surface area contributed by atoms with E-state index >= 15 is 0 Å². The molecule has 5 heteroatoms. The van der Waals surface area contributed by atoms with E-state index in [2.05, 4.69) is 9.99 Å². The molecule has 0 amide bonds. The van der Waals surface area contributed by atoms with Crippen LogP contribution in [-0.2, 0) is 14.4 Å². The van der Waals surface area contributed by atoms with Crippen LogP contribution in [0.15, 0.2) is 5.16 Å². The molecule has 12 heavy (non-hydrogen) atoms. The van der Waals surface area contributed by atoms with E-state index in [9.17, 15) is 4.79 Å². The second-order valence-electron chi connectivity index (χ2n) is 2.44. The maximum Gasteiger partial charge on any atom is 0.344 e. The number of carboxylic acid groups (broad SMARTS) is 1. The minimum absolute atomic E-state index is 0.371. The topological polar surface area (TPSA) is 68.1 Å². The molecule has 0 saturated carbocycles. The summed E-state index contributed by atoms with van der Waals surface area (Å²) in [6, 6.07) is 0. The van der Waals surface area contributed by atoms with Gasteiger partial charge in [0.1, 0.15) is 0 Å². The number of carbonyl (C=O) groups is 1. The van der Waals surface area contributed by atoms with Gasteiger partial charge in [-0.25, -0.2) is 4.79 Å². The van der Waals surface area contributed by atoms with Crippen LogP contribution in [0, 0.1) is 0 Å². The monoisotopic (exact) mass is 173 g/mol. The largest absolute Gasteiger partial charge is 0.479 e. The van der Waals surface area contributed by atoms with Crippen LogP contribution in [0.25, 0.3) is 0 Å². The number of nitrogens with zero attached hydrogens (tertiary/aromatic N) is 1. The van der Waals surface area contributed by atoms with Gasteiger partial charge in [0.2, 0.25) is 6.61 Å². The number of carboxylic acids is 1. The Kier molecular flexibility index (Phi) is 3.53. The quantitative estimate of drug-likeness (QED) is 0.621. The second-order valence-corrected chi connectivity index (χ2v) is 2.44.